The van der Waals surface area contributed by atoms with Crippen molar-refractivity contribution in [1.29, 1.82) is 0 Å². The Morgan fingerprint density at radius 1 is 1.29 bits per heavy atom. The third-order valence-electron chi connectivity index (χ3n) is 5.83. The largest absolute Gasteiger partial charge is 0.465 e. The van der Waals surface area contributed by atoms with E-state index in [1.807, 2.05) is 20.8 Å². The predicted octanol–water partition coefficient (Wildman–Crippen LogP) is 1.79. The van der Waals surface area contributed by atoms with E-state index in [0.717, 1.165) is 12.8 Å². The number of cyclic esters (lactones) is 1. The second-order valence-electron chi connectivity index (χ2n) is 7.19. The maximum absolute atomic E-state index is 12.4. The van der Waals surface area contributed by atoms with Crippen LogP contribution in [0, 0.1) is 29.1 Å². The first-order chi connectivity index (χ1) is 9.90. The number of fused-ring (bicyclic) bond motifs is 5. The molecule has 3 aliphatic rings. The topological polar surface area (TPSA) is 61.8 Å². The van der Waals surface area contributed by atoms with Crippen molar-refractivity contribution in [1.82, 2.24) is 0 Å². The Morgan fingerprint density at radius 3 is 2.62 bits per heavy atom. The third-order valence-corrected chi connectivity index (χ3v) is 5.83. The first kappa shape index (κ1) is 14.8. The van der Waals surface area contributed by atoms with Crippen LogP contribution in [-0.4, -0.2) is 37.9 Å². The van der Waals surface area contributed by atoms with Crippen LogP contribution in [0.3, 0.4) is 0 Å². The zero-order chi connectivity index (χ0) is 15.4. The molecule has 2 aliphatic carbocycles. The van der Waals surface area contributed by atoms with E-state index in [1.165, 1.54) is 0 Å². The molecule has 3 fully saturated rings. The maximum Gasteiger partial charge on any atom is 0.311 e. The summed E-state index contributed by atoms with van der Waals surface area (Å²) in [7, 11) is 1.66. The molecule has 21 heavy (non-hydrogen) atoms. The van der Waals surface area contributed by atoms with Gasteiger partial charge >= 0.3 is 11.9 Å². The summed E-state index contributed by atoms with van der Waals surface area (Å²) in [6.45, 7) is 6.24. The van der Waals surface area contributed by atoms with Crippen molar-refractivity contribution in [2.45, 2.75) is 45.8 Å². The van der Waals surface area contributed by atoms with Crippen molar-refractivity contribution < 1.29 is 23.8 Å². The number of rotatable bonds is 4. The van der Waals surface area contributed by atoms with Gasteiger partial charge in [-0.05, 0) is 32.6 Å². The summed E-state index contributed by atoms with van der Waals surface area (Å²) in [5.41, 5.74) is -0.504. The van der Waals surface area contributed by atoms with Crippen LogP contribution in [0.1, 0.15) is 33.6 Å². The summed E-state index contributed by atoms with van der Waals surface area (Å²) in [6.07, 6.45) is 1.19. The summed E-state index contributed by atoms with van der Waals surface area (Å²) >= 11 is 0. The smallest absolute Gasteiger partial charge is 0.311 e. The van der Waals surface area contributed by atoms with Gasteiger partial charge in [0.2, 0.25) is 0 Å². The van der Waals surface area contributed by atoms with Gasteiger partial charge in [0.1, 0.15) is 6.10 Å². The van der Waals surface area contributed by atoms with Crippen LogP contribution in [0.2, 0.25) is 0 Å². The predicted molar refractivity (Wildman–Crippen MR) is 74.3 cm³/mol. The Bertz CT molecular complexity index is 458. The highest BCUT2D eigenvalue weighted by Gasteiger charge is 2.65. The maximum atomic E-state index is 12.4. The molecule has 1 heterocycles. The van der Waals surface area contributed by atoms with Gasteiger partial charge in [0.15, 0.2) is 0 Å². The average molecular weight is 296 g/mol. The molecule has 3 rings (SSSR count). The Balaban J connectivity index is 1.79. The summed E-state index contributed by atoms with van der Waals surface area (Å²) in [4.78, 5) is 24.3. The molecule has 0 amide bonds. The van der Waals surface area contributed by atoms with Crippen molar-refractivity contribution in [3.63, 3.8) is 0 Å². The Morgan fingerprint density at radius 2 is 2.00 bits per heavy atom. The Hall–Kier alpha value is -1.10. The molecule has 5 heteroatoms. The van der Waals surface area contributed by atoms with Crippen LogP contribution < -0.4 is 0 Å². The van der Waals surface area contributed by atoms with Gasteiger partial charge in [-0.1, -0.05) is 6.92 Å². The zero-order valence-corrected chi connectivity index (χ0v) is 13.1. The fourth-order valence-electron chi connectivity index (χ4n) is 4.17. The molecule has 1 saturated heterocycles. The van der Waals surface area contributed by atoms with E-state index >= 15 is 0 Å². The molecule has 2 saturated carbocycles. The number of ether oxygens (including phenoxy) is 3. The Labute approximate surface area is 125 Å². The molecule has 6 unspecified atom stereocenters. The summed E-state index contributed by atoms with van der Waals surface area (Å²) in [5, 5.41) is 0. The number of carbonyl (C=O) groups excluding carboxylic acids is 2. The first-order valence-corrected chi connectivity index (χ1v) is 7.81. The highest BCUT2D eigenvalue weighted by atomic mass is 16.6. The minimum absolute atomic E-state index is 0.0524. The molecule has 2 bridgehead atoms. The molecule has 0 radical (unpaired) electrons. The molecule has 1 aliphatic heterocycles. The monoisotopic (exact) mass is 296 g/mol. The van der Waals surface area contributed by atoms with Crippen LogP contribution in [0.25, 0.3) is 0 Å². The second kappa shape index (κ2) is 4.97. The minimum Gasteiger partial charge on any atom is -0.465 e. The van der Waals surface area contributed by atoms with Gasteiger partial charge in [-0.2, -0.15) is 0 Å². The van der Waals surface area contributed by atoms with Crippen LogP contribution in [0.15, 0.2) is 0 Å². The first-order valence-electron chi connectivity index (χ1n) is 7.81. The Kier molecular flexibility index (Phi) is 3.51. The lowest BCUT2D eigenvalue weighted by molar-refractivity contribution is -0.175. The van der Waals surface area contributed by atoms with Crippen LogP contribution in [0.5, 0.6) is 0 Å². The fourth-order valence-corrected chi connectivity index (χ4v) is 4.17. The van der Waals surface area contributed by atoms with Crippen LogP contribution in [-0.2, 0) is 23.8 Å². The lowest BCUT2D eigenvalue weighted by atomic mass is 9.78. The summed E-state index contributed by atoms with van der Waals surface area (Å²) < 4.78 is 16.6. The van der Waals surface area contributed by atoms with Gasteiger partial charge in [-0.25, -0.2) is 0 Å². The van der Waals surface area contributed by atoms with Crippen molar-refractivity contribution >= 4 is 11.9 Å². The molecular formula is C16H24O5. The van der Waals surface area contributed by atoms with Gasteiger partial charge in [0, 0.05) is 18.9 Å². The van der Waals surface area contributed by atoms with E-state index in [0.29, 0.717) is 6.61 Å². The van der Waals surface area contributed by atoms with Gasteiger partial charge < -0.3 is 14.2 Å². The van der Waals surface area contributed by atoms with Crippen molar-refractivity contribution in [2.24, 2.45) is 29.1 Å². The van der Waals surface area contributed by atoms with Gasteiger partial charge in [-0.15, -0.1) is 0 Å². The number of hydrogen-bond acceptors (Lipinski definition) is 5. The molecule has 0 N–H and O–H groups in total. The van der Waals surface area contributed by atoms with Crippen molar-refractivity contribution in [3.05, 3.63) is 0 Å². The molecule has 5 nitrogen and oxygen atoms in total. The van der Waals surface area contributed by atoms with Crippen LogP contribution in [0.4, 0.5) is 0 Å². The molecule has 0 spiro atoms. The number of esters is 2. The molecule has 118 valence electrons. The van der Waals surface area contributed by atoms with Gasteiger partial charge in [0.25, 0.3) is 0 Å². The molecular weight excluding hydrogens is 272 g/mol. The SMILES string of the molecule is CCC(C)(C)C(=O)OC1C2CC(C3COC(=O)C32)C1OC. The van der Waals surface area contributed by atoms with Crippen molar-refractivity contribution in [3.8, 4) is 0 Å². The number of carbonyl (C=O) groups is 2. The lowest BCUT2D eigenvalue weighted by Gasteiger charge is -2.36. The van der Waals surface area contributed by atoms with E-state index in [9.17, 15) is 9.59 Å². The number of methoxy groups -OCH3 is 1. The van der Waals surface area contributed by atoms with E-state index < -0.39 is 5.41 Å². The quantitative estimate of drug-likeness (QED) is 0.740. The van der Waals surface area contributed by atoms with Gasteiger partial charge in [0.05, 0.1) is 24.0 Å². The van der Waals surface area contributed by atoms with Gasteiger partial charge in [-0.3, -0.25) is 9.59 Å². The highest BCUT2D eigenvalue weighted by molar-refractivity contribution is 5.78. The molecule has 0 aromatic heterocycles. The van der Waals surface area contributed by atoms with E-state index in [4.69, 9.17) is 14.2 Å². The third kappa shape index (κ3) is 2.08. The second-order valence-corrected chi connectivity index (χ2v) is 7.19. The fraction of sp³-hybridized carbons (Fsp3) is 0.875. The van der Waals surface area contributed by atoms with E-state index in [1.54, 1.807) is 7.11 Å². The summed E-state index contributed by atoms with van der Waals surface area (Å²) in [6, 6.07) is 0. The average Bonchev–Trinajstić information content (AvgIpc) is 3.10. The summed E-state index contributed by atoms with van der Waals surface area (Å²) in [5.74, 6) is 0.117. The van der Waals surface area contributed by atoms with E-state index in [-0.39, 0.29) is 47.8 Å². The van der Waals surface area contributed by atoms with Crippen molar-refractivity contribution in [2.75, 3.05) is 13.7 Å². The highest BCUT2D eigenvalue weighted by Crippen LogP contribution is 2.57. The lowest BCUT2D eigenvalue weighted by Crippen LogP contribution is -2.47. The molecule has 0 aromatic carbocycles. The van der Waals surface area contributed by atoms with E-state index in [2.05, 4.69) is 0 Å². The normalized spacial score (nSPS) is 41.0. The zero-order valence-electron chi connectivity index (χ0n) is 13.1. The standard InChI is InChI=1S/C16H24O5/c1-5-16(2,3)15(18)21-13-9-6-8(12(13)19-4)10-7-20-14(17)11(9)10/h8-13H,5-7H2,1-4H3. The van der Waals surface area contributed by atoms with Crippen LogP contribution >= 0.6 is 0 Å². The molecule has 6 atom stereocenters. The number of hydrogen-bond donors (Lipinski definition) is 0. The minimum atomic E-state index is -0.504. The molecule has 0 aromatic rings.